The summed E-state index contributed by atoms with van der Waals surface area (Å²) in [7, 11) is 0. The average molecular weight is 631 g/mol. The number of ketones is 1. The van der Waals surface area contributed by atoms with Gasteiger partial charge in [-0.15, -0.1) is 0 Å². The number of primary amides is 1. The quantitative estimate of drug-likeness (QED) is 0.254. The highest BCUT2D eigenvalue weighted by Crippen LogP contribution is 2.51. The largest absolute Gasteiger partial charge is 0.363 e. The molecule has 0 radical (unpaired) electrons. The Kier molecular flexibility index (Phi) is 10.2. The van der Waals surface area contributed by atoms with Crippen molar-refractivity contribution in [3.05, 3.63) is 0 Å². The smallest absolute Gasteiger partial charge is 0.316 e. The van der Waals surface area contributed by atoms with E-state index in [1.54, 1.807) is 0 Å². The van der Waals surface area contributed by atoms with Gasteiger partial charge in [0.15, 0.2) is 0 Å². The van der Waals surface area contributed by atoms with E-state index in [0.29, 0.717) is 32.5 Å². The minimum absolute atomic E-state index is 0.0467. The lowest BCUT2D eigenvalue weighted by molar-refractivity contribution is -0.144. The van der Waals surface area contributed by atoms with Crippen molar-refractivity contribution in [1.29, 1.82) is 0 Å². The number of Topliss-reactive ketones (excluding diaryl/α,β-unsaturated/α-hetero) is 1. The third kappa shape index (κ3) is 6.99. The van der Waals surface area contributed by atoms with E-state index in [9.17, 15) is 28.8 Å². The van der Waals surface area contributed by atoms with E-state index in [2.05, 4.69) is 16.0 Å². The molecule has 2 saturated heterocycles. The zero-order valence-corrected chi connectivity index (χ0v) is 28.1. The summed E-state index contributed by atoms with van der Waals surface area (Å²) < 4.78 is 0. The Balaban J connectivity index is 1.53. The summed E-state index contributed by atoms with van der Waals surface area (Å²) >= 11 is 0. The molecule has 6 amide bonds. The lowest BCUT2D eigenvalue weighted by Gasteiger charge is -2.37. The first kappa shape index (κ1) is 34.7. The molecule has 4 rings (SSSR count). The maximum Gasteiger partial charge on any atom is 0.316 e. The number of carbonyl (C=O) groups is 6. The van der Waals surface area contributed by atoms with Crippen molar-refractivity contribution in [3.63, 3.8) is 0 Å². The van der Waals surface area contributed by atoms with Crippen molar-refractivity contribution in [2.24, 2.45) is 40.7 Å². The number of likely N-dealkylation sites (tertiary alicyclic amines) is 2. The molecule has 12 heteroatoms. The highest BCUT2D eigenvalue weighted by atomic mass is 16.2. The van der Waals surface area contributed by atoms with Gasteiger partial charge in [-0.25, -0.2) is 4.79 Å². The molecule has 2 saturated carbocycles. The van der Waals surface area contributed by atoms with Gasteiger partial charge in [-0.1, -0.05) is 67.7 Å². The maximum atomic E-state index is 14.3. The molecule has 12 nitrogen and oxygen atoms in total. The number of nitrogens with one attached hydrogen (secondary N) is 3. The van der Waals surface area contributed by atoms with E-state index in [4.69, 9.17) is 5.73 Å². The summed E-state index contributed by atoms with van der Waals surface area (Å²) in [4.78, 5) is 83.2. The molecule has 0 bridgehead atoms. The molecule has 4 fully saturated rings. The van der Waals surface area contributed by atoms with Crippen LogP contribution in [0, 0.1) is 35.0 Å². The van der Waals surface area contributed by atoms with Gasteiger partial charge in [0.25, 0.3) is 5.91 Å². The normalized spacial score (nSPS) is 29.5. The second kappa shape index (κ2) is 13.3. The molecule has 252 valence electrons. The lowest BCUT2D eigenvalue weighted by atomic mass is 9.80. The van der Waals surface area contributed by atoms with E-state index < -0.39 is 58.6 Å². The highest BCUT2D eigenvalue weighted by Gasteiger charge is 2.67. The minimum atomic E-state index is -1.09. The molecule has 3 unspecified atom stereocenters. The van der Waals surface area contributed by atoms with E-state index in [0.717, 1.165) is 32.1 Å². The van der Waals surface area contributed by atoms with E-state index >= 15 is 0 Å². The second-order valence-corrected chi connectivity index (χ2v) is 15.3. The number of hydrogen-bond acceptors (Lipinski definition) is 6. The Morgan fingerprint density at radius 1 is 0.889 bits per heavy atom. The van der Waals surface area contributed by atoms with E-state index in [1.807, 2.05) is 53.4 Å². The summed E-state index contributed by atoms with van der Waals surface area (Å²) in [5.74, 6) is -2.91. The number of carbonyl (C=O) groups excluding carboxylic acids is 6. The Morgan fingerprint density at radius 3 is 1.96 bits per heavy atom. The van der Waals surface area contributed by atoms with Crippen molar-refractivity contribution < 1.29 is 28.8 Å². The van der Waals surface area contributed by atoms with Gasteiger partial charge in [-0.05, 0) is 60.7 Å². The van der Waals surface area contributed by atoms with Crippen LogP contribution in [0.3, 0.4) is 0 Å². The lowest BCUT2D eigenvalue weighted by Crippen LogP contribution is -2.63. The van der Waals surface area contributed by atoms with Gasteiger partial charge in [0.1, 0.15) is 17.6 Å². The van der Waals surface area contributed by atoms with Crippen LogP contribution < -0.4 is 21.7 Å². The Bertz CT molecular complexity index is 1180. The number of hydrogen-bond donors (Lipinski definition) is 4. The van der Waals surface area contributed by atoms with Crippen LogP contribution in [0.1, 0.15) is 93.4 Å². The zero-order chi connectivity index (χ0) is 33.4. The topological polar surface area (TPSA) is 171 Å². The monoisotopic (exact) mass is 630 g/mol. The van der Waals surface area contributed by atoms with Crippen molar-refractivity contribution in [2.45, 2.75) is 117 Å². The fraction of sp³-hybridized carbons (Fsp3) is 0.818. The molecule has 4 aliphatic rings. The van der Waals surface area contributed by atoms with Crippen molar-refractivity contribution >= 4 is 35.4 Å². The summed E-state index contributed by atoms with van der Waals surface area (Å²) in [5, 5.41) is 8.62. The fourth-order valence-corrected chi connectivity index (χ4v) is 7.62. The number of rotatable bonds is 11. The number of nitrogens with two attached hydrogens (primary N) is 1. The van der Waals surface area contributed by atoms with Crippen LogP contribution in [0.2, 0.25) is 0 Å². The highest BCUT2D eigenvalue weighted by molar-refractivity contribution is 6.37. The van der Waals surface area contributed by atoms with Crippen molar-refractivity contribution in [2.75, 3.05) is 19.6 Å². The van der Waals surface area contributed by atoms with Crippen LogP contribution in [0.4, 0.5) is 4.79 Å². The number of amides is 6. The van der Waals surface area contributed by atoms with Gasteiger partial charge in [-0.2, -0.15) is 0 Å². The Labute approximate surface area is 267 Å². The Hall–Kier alpha value is -3.18. The standard InChI is InChI=1S/C33H54N6O6/c1-18(2)22-13-16-39(24(22)28(42)35-23(25(40)27(34)41)17-21-11-10-12-21)29(43)26(32(5,6)7)36-31(45)37-33(19(3)20(33)4)30(44)38-14-8-9-15-38/h18-24,26H,8-17H2,1-7H3,(H2,34,41)(H,35,42)(H2,36,37,45)/t19?,20?,22-,23?,24+,26-,33?/m1/s1. The third-order valence-electron chi connectivity index (χ3n) is 11.1. The van der Waals surface area contributed by atoms with Crippen LogP contribution in [-0.2, 0) is 24.0 Å². The minimum Gasteiger partial charge on any atom is -0.363 e. The predicted octanol–water partition coefficient (Wildman–Crippen LogP) is 1.95. The predicted molar refractivity (Wildman–Crippen MR) is 168 cm³/mol. The summed E-state index contributed by atoms with van der Waals surface area (Å²) in [5.41, 5.74) is 3.59. The van der Waals surface area contributed by atoms with Gasteiger partial charge < -0.3 is 31.5 Å². The van der Waals surface area contributed by atoms with Gasteiger partial charge >= 0.3 is 6.03 Å². The first-order valence-corrected chi connectivity index (χ1v) is 16.8. The summed E-state index contributed by atoms with van der Waals surface area (Å²) in [6.07, 6.45) is 5.67. The van der Waals surface area contributed by atoms with Gasteiger partial charge in [0.05, 0.1) is 6.04 Å². The van der Waals surface area contributed by atoms with Crippen LogP contribution in [0.25, 0.3) is 0 Å². The molecular weight excluding hydrogens is 576 g/mol. The fourth-order valence-electron chi connectivity index (χ4n) is 7.62. The first-order valence-electron chi connectivity index (χ1n) is 16.8. The third-order valence-corrected chi connectivity index (χ3v) is 11.1. The van der Waals surface area contributed by atoms with Gasteiger partial charge in [0, 0.05) is 19.6 Å². The van der Waals surface area contributed by atoms with E-state index in [-0.39, 0.29) is 35.5 Å². The molecule has 0 aromatic rings. The summed E-state index contributed by atoms with van der Waals surface area (Å²) in [6.45, 7) is 15.1. The zero-order valence-electron chi connectivity index (χ0n) is 28.1. The molecule has 5 N–H and O–H groups in total. The van der Waals surface area contributed by atoms with Crippen LogP contribution in [-0.4, -0.2) is 88.5 Å². The van der Waals surface area contributed by atoms with Gasteiger partial charge in [0.2, 0.25) is 23.5 Å². The van der Waals surface area contributed by atoms with Crippen LogP contribution in [0.15, 0.2) is 0 Å². The van der Waals surface area contributed by atoms with Crippen molar-refractivity contribution in [1.82, 2.24) is 25.8 Å². The first-order chi connectivity index (χ1) is 21.0. The number of urea groups is 1. The molecule has 6 atom stereocenters. The van der Waals surface area contributed by atoms with Gasteiger partial charge in [-0.3, -0.25) is 24.0 Å². The molecule has 0 aromatic carbocycles. The molecule has 45 heavy (non-hydrogen) atoms. The molecule has 0 spiro atoms. The molecule has 2 aliphatic carbocycles. The van der Waals surface area contributed by atoms with Crippen LogP contribution >= 0.6 is 0 Å². The molecular formula is C33H54N6O6. The van der Waals surface area contributed by atoms with E-state index in [1.165, 1.54) is 4.90 Å². The maximum absolute atomic E-state index is 14.3. The summed E-state index contributed by atoms with van der Waals surface area (Å²) in [6, 6.07) is -3.52. The SMILES string of the molecule is CC(C)[C@H]1CCN(C(=O)[C@@H](NC(=O)NC2(C(=O)N3CCCC3)C(C)C2C)C(C)(C)C)[C@@H]1C(=O)NC(CC1CCC1)C(=O)C(N)=O. The Morgan fingerprint density at radius 2 is 1.49 bits per heavy atom. The molecule has 0 aromatic heterocycles. The molecule has 2 aliphatic heterocycles. The van der Waals surface area contributed by atoms with Crippen molar-refractivity contribution in [3.8, 4) is 0 Å². The number of nitrogens with zero attached hydrogens (tertiary/aromatic N) is 2. The average Bonchev–Trinajstić information content (AvgIpc) is 3.43. The van der Waals surface area contributed by atoms with Crippen LogP contribution in [0.5, 0.6) is 0 Å². The second-order valence-electron chi connectivity index (χ2n) is 15.3. The molecule has 2 heterocycles.